The summed E-state index contributed by atoms with van der Waals surface area (Å²) < 4.78 is 48.2. The number of rotatable bonds is 6. The van der Waals surface area contributed by atoms with Crippen LogP contribution in [0.15, 0.2) is 42.5 Å². The minimum absolute atomic E-state index is 0.0212. The maximum Gasteiger partial charge on any atom is 0.416 e. The molecule has 0 aliphatic carbocycles. The fourth-order valence-corrected chi connectivity index (χ4v) is 2.18. The lowest BCUT2D eigenvalue weighted by molar-refractivity contribution is -0.137. The Bertz CT molecular complexity index is 815. The number of hydrogen-bond acceptors (Lipinski definition) is 4. The fraction of sp³-hybridized carbons (Fsp3) is 0.222. The van der Waals surface area contributed by atoms with Crippen LogP contribution in [0.2, 0.25) is 0 Å². The first kappa shape index (κ1) is 20.1. The monoisotopic (exact) mass is 382 g/mol. The van der Waals surface area contributed by atoms with Crippen molar-refractivity contribution in [3.8, 4) is 11.5 Å². The van der Waals surface area contributed by atoms with Crippen molar-refractivity contribution in [2.45, 2.75) is 6.18 Å². The number of hydrogen-bond donors (Lipinski definition) is 2. The molecule has 0 fully saturated rings. The minimum Gasteiger partial charge on any atom is -0.497 e. The fourth-order valence-electron chi connectivity index (χ4n) is 2.18. The van der Waals surface area contributed by atoms with Crippen LogP contribution in [-0.2, 0) is 11.0 Å². The van der Waals surface area contributed by atoms with Crippen LogP contribution in [0.5, 0.6) is 11.5 Å². The summed E-state index contributed by atoms with van der Waals surface area (Å²) in [5, 5.41) is 4.69. The molecule has 2 rings (SSSR count). The predicted octanol–water partition coefficient (Wildman–Crippen LogP) is 3.09. The number of carbonyl (C=O) groups is 2. The van der Waals surface area contributed by atoms with E-state index in [-0.39, 0.29) is 11.3 Å². The quantitative estimate of drug-likeness (QED) is 0.805. The lowest BCUT2D eigenvalue weighted by atomic mass is 10.2. The summed E-state index contributed by atoms with van der Waals surface area (Å²) in [7, 11) is 2.86. The molecule has 0 saturated heterocycles. The Balaban J connectivity index is 1.99. The number of alkyl halides is 3. The SMILES string of the molecule is COc1cc(OC)cc(C(=O)NCC(=O)Nc2cccc(C(F)(F)F)c2)c1. The smallest absolute Gasteiger partial charge is 0.416 e. The second kappa shape index (κ2) is 8.43. The molecule has 0 atom stereocenters. The van der Waals surface area contributed by atoms with Gasteiger partial charge in [-0.3, -0.25) is 9.59 Å². The third-order valence-corrected chi connectivity index (χ3v) is 3.50. The van der Waals surface area contributed by atoms with Gasteiger partial charge < -0.3 is 20.1 Å². The molecule has 0 aliphatic rings. The Kier molecular flexibility index (Phi) is 6.27. The van der Waals surface area contributed by atoms with Gasteiger partial charge in [-0.1, -0.05) is 6.07 Å². The van der Waals surface area contributed by atoms with Gasteiger partial charge in [0.1, 0.15) is 11.5 Å². The molecule has 0 radical (unpaired) electrons. The van der Waals surface area contributed by atoms with Crippen LogP contribution < -0.4 is 20.1 Å². The first-order valence-corrected chi connectivity index (χ1v) is 7.71. The number of methoxy groups -OCH3 is 2. The average Bonchev–Trinajstić information content (AvgIpc) is 2.65. The van der Waals surface area contributed by atoms with E-state index in [1.54, 1.807) is 6.07 Å². The number of nitrogens with one attached hydrogen (secondary N) is 2. The largest absolute Gasteiger partial charge is 0.497 e. The van der Waals surface area contributed by atoms with Crippen LogP contribution in [-0.4, -0.2) is 32.6 Å². The normalized spacial score (nSPS) is 10.9. The Morgan fingerprint density at radius 3 is 2.19 bits per heavy atom. The highest BCUT2D eigenvalue weighted by molar-refractivity contribution is 5.99. The third-order valence-electron chi connectivity index (χ3n) is 3.50. The number of benzene rings is 2. The van der Waals surface area contributed by atoms with Gasteiger partial charge in [0, 0.05) is 17.3 Å². The zero-order valence-corrected chi connectivity index (χ0v) is 14.5. The van der Waals surface area contributed by atoms with Crippen molar-refractivity contribution in [3.05, 3.63) is 53.6 Å². The highest BCUT2D eigenvalue weighted by Gasteiger charge is 2.30. The summed E-state index contributed by atoms with van der Waals surface area (Å²) in [5.74, 6) is -0.440. The van der Waals surface area contributed by atoms with E-state index in [0.29, 0.717) is 11.5 Å². The first-order chi connectivity index (χ1) is 12.7. The highest BCUT2D eigenvalue weighted by Crippen LogP contribution is 2.30. The van der Waals surface area contributed by atoms with E-state index < -0.39 is 30.1 Å². The topological polar surface area (TPSA) is 76.7 Å². The van der Waals surface area contributed by atoms with Crippen LogP contribution in [0, 0.1) is 0 Å². The van der Waals surface area contributed by atoms with Crippen LogP contribution in [0.3, 0.4) is 0 Å². The molecule has 144 valence electrons. The number of amides is 2. The number of halogens is 3. The van der Waals surface area contributed by atoms with Gasteiger partial charge in [0.15, 0.2) is 0 Å². The van der Waals surface area contributed by atoms with E-state index in [1.165, 1.54) is 38.5 Å². The van der Waals surface area contributed by atoms with E-state index in [2.05, 4.69) is 10.6 Å². The highest BCUT2D eigenvalue weighted by atomic mass is 19.4. The lowest BCUT2D eigenvalue weighted by Crippen LogP contribution is -2.32. The molecule has 0 bridgehead atoms. The number of ether oxygens (including phenoxy) is 2. The molecule has 0 heterocycles. The van der Waals surface area contributed by atoms with Crippen molar-refractivity contribution in [2.24, 2.45) is 0 Å². The molecule has 0 saturated carbocycles. The molecular weight excluding hydrogens is 365 g/mol. The van der Waals surface area contributed by atoms with Gasteiger partial charge in [0.25, 0.3) is 5.91 Å². The second-order valence-corrected chi connectivity index (χ2v) is 5.41. The van der Waals surface area contributed by atoms with Crippen molar-refractivity contribution < 1.29 is 32.2 Å². The summed E-state index contributed by atoms with van der Waals surface area (Å²) in [6.45, 7) is -0.422. The van der Waals surface area contributed by atoms with Gasteiger partial charge in [-0.15, -0.1) is 0 Å². The maximum absolute atomic E-state index is 12.7. The molecule has 0 aliphatic heterocycles. The van der Waals surface area contributed by atoms with Crippen LogP contribution in [0.25, 0.3) is 0 Å². The van der Waals surface area contributed by atoms with Crippen molar-refractivity contribution in [1.29, 1.82) is 0 Å². The Labute approximate surface area is 153 Å². The van der Waals surface area contributed by atoms with Gasteiger partial charge in [0.05, 0.1) is 26.3 Å². The summed E-state index contributed by atoms with van der Waals surface area (Å²) in [5.41, 5.74) is -0.696. The summed E-state index contributed by atoms with van der Waals surface area (Å²) in [6.07, 6.45) is -4.51. The van der Waals surface area contributed by atoms with E-state index in [9.17, 15) is 22.8 Å². The van der Waals surface area contributed by atoms with Gasteiger partial charge >= 0.3 is 6.18 Å². The first-order valence-electron chi connectivity index (χ1n) is 7.71. The summed E-state index contributed by atoms with van der Waals surface area (Å²) >= 11 is 0. The Hall–Kier alpha value is -3.23. The zero-order valence-electron chi connectivity index (χ0n) is 14.5. The van der Waals surface area contributed by atoms with Crippen molar-refractivity contribution in [3.63, 3.8) is 0 Å². The minimum atomic E-state index is -4.51. The molecule has 0 spiro atoms. The van der Waals surface area contributed by atoms with E-state index in [1.807, 2.05) is 0 Å². The average molecular weight is 382 g/mol. The standard InChI is InChI=1S/C18H17F3N2O4/c1-26-14-6-11(7-15(9-14)27-2)17(25)22-10-16(24)23-13-5-3-4-12(8-13)18(19,20)21/h3-9H,10H2,1-2H3,(H,22,25)(H,23,24). The van der Waals surface area contributed by atoms with Crippen molar-refractivity contribution in [1.82, 2.24) is 5.32 Å². The van der Waals surface area contributed by atoms with E-state index in [0.717, 1.165) is 12.1 Å². The molecule has 6 nitrogen and oxygen atoms in total. The molecular formula is C18H17F3N2O4. The van der Waals surface area contributed by atoms with Gasteiger partial charge in [-0.25, -0.2) is 0 Å². The summed E-state index contributed by atoms with van der Waals surface area (Å²) in [4.78, 5) is 24.1. The van der Waals surface area contributed by atoms with Gasteiger partial charge in [-0.2, -0.15) is 13.2 Å². The Morgan fingerprint density at radius 2 is 1.63 bits per heavy atom. The molecule has 2 N–H and O–H groups in total. The molecule has 2 aromatic carbocycles. The molecule has 2 aromatic rings. The van der Waals surface area contributed by atoms with Crippen molar-refractivity contribution >= 4 is 17.5 Å². The van der Waals surface area contributed by atoms with E-state index in [4.69, 9.17) is 9.47 Å². The lowest BCUT2D eigenvalue weighted by Gasteiger charge is -2.11. The van der Waals surface area contributed by atoms with Gasteiger partial charge in [0.2, 0.25) is 5.91 Å². The second-order valence-electron chi connectivity index (χ2n) is 5.41. The Morgan fingerprint density at radius 1 is 1.00 bits per heavy atom. The molecule has 27 heavy (non-hydrogen) atoms. The van der Waals surface area contributed by atoms with Gasteiger partial charge in [-0.05, 0) is 30.3 Å². The van der Waals surface area contributed by atoms with Crippen molar-refractivity contribution in [2.75, 3.05) is 26.1 Å². The predicted molar refractivity (Wildman–Crippen MR) is 92.0 cm³/mol. The number of anilines is 1. The molecule has 2 amide bonds. The van der Waals surface area contributed by atoms with Crippen LogP contribution in [0.4, 0.5) is 18.9 Å². The van der Waals surface area contributed by atoms with Crippen LogP contribution >= 0.6 is 0 Å². The molecule has 0 unspecified atom stereocenters. The van der Waals surface area contributed by atoms with E-state index >= 15 is 0 Å². The molecule has 9 heteroatoms. The summed E-state index contributed by atoms with van der Waals surface area (Å²) in [6, 6.07) is 8.71. The van der Waals surface area contributed by atoms with Crippen LogP contribution in [0.1, 0.15) is 15.9 Å². The molecule has 0 aromatic heterocycles. The maximum atomic E-state index is 12.7. The third kappa shape index (κ3) is 5.63. The number of carbonyl (C=O) groups excluding carboxylic acids is 2. The zero-order chi connectivity index (χ0) is 20.0.